The van der Waals surface area contributed by atoms with Gasteiger partial charge < -0.3 is 9.55 Å². The van der Waals surface area contributed by atoms with Gasteiger partial charge in [-0.3, -0.25) is 4.79 Å². The number of nitrogens with one attached hydrogen (secondary N) is 1. The molecule has 0 saturated heterocycles. The molecular formula is C18H16N6OS2. The highest BCUT2D eigenvalue weighted by Gasteiger charge is 2.19. The molecule has 1 N–H and O–H groups in total. The van der Waals surface area contributed by atoms with Crippen LogP contribution in [0.2, 0.25) is 0 Å². The maximum atomic E-state index is 13.0. The SMILES string of the molecule is Cc1scnc1Cn1ncc2c3sc(Cc4cc[nH]c4)nc3n(C)c2c1=O. The zero-order valence-electron chi connectivity index (χ0n) is 14.8. The second-order valence-electron chi connectivity index (χ2n) is 6.44. The van der Waals surface area contributed by atoms with E-state index in [0.717, 1.165) is 37.7 Å². The predicted molar refractivity (Wildman–Crippen MR) is 108 cm³/mol. The van der Waals surface area contributed by atoms with Gasteiger partial charge in [-0.15, -0.1) is 22.7 Å². The van der Waals surface area contributed by atoms with Gasteiger partial charge in [-0.25, -0.2) is 14.6 Å². The maximum absolute atomic E-state index is 13.0. The van der Waals surface area contributed by atoms with Gasteiger partial charge >= 0.3 is 0 Å². The van der Waals surface area contributed by atoms with Crippen LogP contribution in [0.4, 0.5) is 0 Å². The molecule has 27 heavy (non-hydrogen) atoms. The van der Waals surface area contributed by atoms with E-state index < -0.39 is 0 Å². The van der Waals surface area contributed by atoms with E-state index in [9.17, 15) is 4.79 Å². The van der Waals surface area contributed by atoms with E-state index in [4.69, 9.17) is 4.98 Å². The number of thiazole rings is 2. The van der Waals surface area contributed by atoms with Gasteiger partial charge in [-0.05, 0) is 18.6 Å². The first-order chi connectivity index (χ1) is 13.1. The van der Waals surface area contributed by atoms with Crippen LogP contribution in [0.15, 0.2) is 35.0 Å². The first-order valence-electron chi connectivity index (χ1n) is 8.46. The van der Waals surface area contributed by atoms with Crippen molar-refractivity contribution in [3.63, 3.8) is 0 Å². The Morgan fingerprint density at radius 1 is 1.33 bits per heavy atom. The number of hydrogen-bond acceptors (Lipinski definition) is 6. The largest absolute Gasteiger partial charge is 0.367 e. The standard InChI is InChI=1S/C18H16N6OS2/c1-10-13(20-9-26-10)8-24-18(25)15-12(7-21-24)16-17(23(15)2)22-14(27-16)5-11-3-4-19-6-11/h3-4,6-7,9,19H,5,8H2,1-2H3. The lowest BCUT2D eigenvalue weighted by molar-refractivity contribution is 0.633. The molecule has 5 rings (SSSR count). The molecule has 0 radical (unpaired) electrons. The third kappa shape index (κ3) is 2.62. The minimum atomic E-state index is -0.111. The first-order valence-corrected chi connectivity index (χ1v) is 10.2. The molecule has 0 atom stereocenters. The summed E-state index contributed by atoms with van der Waals surface area (Å²) >= 11 is 3.20. The number of rotatable bonds is 4. The highest BCUT2D eigenvalue weighted by molar-refractivity contribution is 7.19. The highest BCUT2D eigenvalue weighted by Crippen LogP contribution is 2.31. The van der Waals surface area contributed by atoms with Crippen molar-refractivity contribution in [2.24, 2.45) is 7.05 Å². The molecule has 0 fully saturated rings. The van der Waals surface area contributed by atoms with E-state index in [2.05, 4.69) is 15.1 Å². The van der Waals surface area contributed by atoms with Crippen LogP contribution in [0.25, 0.3) is 21.3 Å². The summed E-state index contributed by atoms with van der Waals surface area (Å²) < 4.78 is 4.38. The van der Waals surface area contributed by atoms with Crippen molar-refractivity contribution < 1.29 is 0 Å². The molecule has 0 aliphatic rings. The molecule has 0 aliphatic carbocycles. The Bertz CT molecular complexity index is 1320. The lowest BCUT2D eigenvalue weighted by atomic mass is 10.2. The molecule has 0 saturated carbocycles. The molecule has 0 aromatic carbocycles. The van der Waals surface area contributed by atoms with Crippen molar-refractivity contribution in [3.8, 4) is 0 Å². The van der Waals surface area contributed by atoms with Crippen LogP contribution in [-0.4, -0.2) is 29.3 Å². The average Bonchev–Trinajstić information content (AvgIpc) is 3.41. The van der Waals surface area contributed by atoms with Crippen LogP contribution in [0.5, 0.6) is 0 Å². The van der Waals surface area contributed by atoms with Crippen LogP contribution in [0.1, 0.15) is 21.1 Å². The molecule has 0 spiro atoms. The molecule has 0 bridgehead atoms. The zero-order chi connectivity index (χ0) is 18.5. The number of aryl methyl sites for hydroxylation is 2. The number of aromatic nitrogens is 6. The van der Waals surface area contributed by atoms with Crippen LogP contribution in [-0.2, 0) is 20.0 Å². The van der Waals surface area contributed by atoms with Gasteiger partial charge in [0.05, 0.1) is 28.6 Å². The van der Waals surface area contributed by atoms with Crippen molar-refractivity contribution in [1.29, 1.82) is 0 Å². The molecule has 0 unspecified atom stereocenters. The average molecular weight is 397 g/mol. The van der Waals surface area contributed by atoms with Crippen molar-refractivity contribution in [1.82, 2.24) is 29.3 Å². The summed E-state index contributed by atoms with van der Waals surface area (Å²) in [7, 11) is 1.89. The van der Waals surface area contributed by atoms with Crippen LogP contribution in [0.3, 0.4) is 0 Å². The Morgan fingerprint density at radius 2 is 2.22 bits per heavy atom. The third-order valence-corrected chi connectivity index (χ3v) is 6.61. The number of fused-ring (bicyclic) bond motifs is 3. The number of hydrogen-bond donors (Lipinski definition) is 1. The molecule has 5 aromatic rings. The molecule has 7 nitrogen and oxygen atoms in total. The van der Waals surface area contributed by atoms with Gasteiger partial charge in [-0.2, -0.15) is 5.10 Å². The van der Waals surface area contributed by atoms with E-state index in [0.29, 0.717) is 12.1 Å². The molecule has 0 aliphatic heterocycles. The second-order valence-corrected chi connectivity index (χ2v) is 8.58. The molecule has 9 heteroatoms. The van der Waals surface area contributed by atoms with Gasteiger partial charge in [0.15, 0.2) is 5.65 Å². The lowest BCUT2D eigenvalue weighted by Gasteiger charge is -2.04. The Hall–Kier alpha value is -2.78. The van der Waals surface area contributed by atoms with E-state index in [1.54, 1.807) is 34.4 Å². The third-order valence-electron chi connectivity index (χ3n) is 4.73. The normalized spacial score (nSPS) is 11.8. The maximum Gasteiger partial charge on any atom is 0.291 e. The molecule has 5 aromatic heterocycles. The number of aromatic amines is 1. The molecule has 0 amide bonds. The monoisotopic (exact) mass is 396 g/mol. The minimum Gasteiger partial charge on any atom is -0.367 e. The van der Waals surface area contributed by atoms with Crippen LogP contribution in [0, 0.1) is 6.92 Å². The predicted octanol–water partition coefficient (Wildman–Crippen LogP) is 3.08. The minimum absolute atomic E-state index is 0.111. The Labute approximate surface area is 161 Å². The number of H-pyrrole nitrogens is 1. The van der Waals surface area contributed by atoms with Gasteiger partial charge in [0.25, 0.3) is 5.56 Å². The van der Waals surface area contributed by atoms with Gasteiger partial charge in [0.2, 0.25) is 0 Å². The Kier molecular flexibility index (Phi) is 3.73. The van der Waals surface area contributed by atoms with E-state index in [1.807, 2.05) is 37.0 Å². The van der Waals surface area contributed by atoms with Gasteiger partial charge in [-0.1, -0.05) is 0 Å². The fraction of sp³-hybridized carbons (Fsp3) is 0.222. The summed E-state index contributed by atoms with van der Waals surface area (Å²) in [5, 5.41) is 6.29. The van der Waals surface area contributed by atoms with Crippen LogP contribution >= 0.6 is 22.7 Å². The fourth-order valence-electron chi connectivity index (χ4n) is 3.29. The molecule has 5 heterocycles. The quantitative estimate of drug-likeness (QED) is 0.506. The summed E-state index contributed by atoms with van der Waals surface area (Å²) in [6, 6.07) is 2.05. The summed E-state index contributed by atoms with van der Waals surface area (Å²) in [6.07, 6.45) is 6.44. The van der Waals surface area contributed by atoms with Gasteiger partial charge in [0.1, 0.15) is 10.5 Å². The van der Waals surface area contributed by atoms with Crippen molar-refractivity contribution >= 4 is 43.9 Å². The topological polar surface area (TPSA) is 81.4 Å². The Morgan fingerprint density at radius 3 is 2.96 bits per heavy atom. The first kappa shape index (κ1) is 16.4. The van der Waals surface area contributed by atoms with Crippen molar-refractivity contribution in [3.05, 3.63) is 61.7 Å². The fourth-order valence-corrected chi connectivity index (χ4v) is 5.02. The summed E-state index contributed by atoms with van der Waals surface area (Å²) in [5.74, 6) is 0. The van der Waals surface area contributed by atoms with E-state index in [1.165, 1.54) is 10.2 Å². The van der Waals surface area contributed by atoms with Gasteiger partial charge in [0, 0.05) is 36.1 Å². The smallest absolute Gasteiger partial charge is 0.291 e. The van der Waals surface area contributed by atoms with Crippen LogP contribution < -0.4 is 5.56 Å². The molecule has 136 valence electrons. The highest BCUT2D eigenvalue weighted by atomic mass is 32.1. The van der Waals surface area contributed by atoms with E-state index >= 15 is 0 Å². The number of nitrogens with zero attached hydrogens (tertiary/aromatic N) is 5. The lowest BCUT2D eigenvalue weighted by Crippen LogP contribution is -2.24. The zero-order valence-corrected chi connectivity index (χ0v) is 16.4. The van der Waals surface area contributed by atoms with Crippen molar-refractivity contribution in [2.75, 3.05) is 0 Å². The Balaban J connectivity index is 1.61. The summed E-state index contributed by atoms with van der Waals surface area (Å²) in [5.41, 5.74) is 5.24. The van der Waals surface area contributed by atoms with Crippen molar-refractivity contribution in [2.45, 2.75) is 19.9 Å². The summed E-state index contributed by atoms with van der Waals surface area (Å²) in [4.78, 5) is 26.3. The summed E-state index contributed by atoms with van der Waals surface area (Å²) in [6.45, 7) is 2.39. The second kappa shape index (κ2) is 6.14. The van der Waals surface area contributed by atoms with E-state index in [-0.39, 0.29) is 5.56 Å². The molecular weight excluding hydrogens is 380 g/mol.